The molecule has 0 saturated heterocycles. The van der Waals surface area contributed by atoms with Gasteiger partial charge in [0, 0.05) is 16.5 Å². The summed E-state index contributed by atoms with van der Waals surface area (Å²) in [6.45, 7) is 0.250. The Kier molecular flexibility index (Phi) is 4.97. The van der Waals surface area contributed by atoms with Gasteiger partial charge in [-0.25, -0.2) is 0 Å². The molecule has 21 heavy (non-hydrogen) atoms. The first kappa shape index (κ1) is 15.5. The van der Waals surface area contributed by atoms with Crippen molar-refractivity contribution in [1.82, 2.24) is 0 Å². The number of aliphatic carboxylic acids is 1. The van der Waals surface area contributed by atoms with Crippen LogP contribution in [0.25, 0.3) is 11.1 Å². The van der Waals surface area contributed by atoms with E-state index in [-0.39, 0.29) is 18.9 Å². The van der Waals surface area contributed by atoms with E-state index in [1.807, 2.05) is 11.4 Å². The molecule has 0 radical (unpaired) electrons. The van der Waals surface area contributed by atoms with Crippen molar-refractivity contribution >= 4 is 28.9 Å². The average Bonchev–Trinajstić information content (AvgIpc) is 2.94. The number of halogens is 1. The number of carboxylic acids is 1. The number of hydrogen-bond donors (Lipinski definition) is 2. The third-order valence-electron chi connectivity index (χ3n) is 3.19. The summed E-state index contributed by atoms with van der Waals surface area (Å²) in [4.78, 5) is 11.5. The number of benzene rings is 1. The molecule has 1 unspecified atom stereocenters. The Morgan fingerprint density at radius 3 is 2.81 bits per heavy atom. The van der Waals surface area contributed by atoms with Crippen LogP contribution in [-0.2, 0) is 4.79 Å². The molecule has 1 atom stereocenters. The summed E-state index contributed by atoms with van der Waals surface area (Å²) >= 11 is 7.56. The molecule has 108 valence electrons. The SMILES string of the molecule is N#Cc1cc(-c2cc(C(CN)CC(=O)O)ccc2Cl)cs1. The van der Waals surface area contributed by atoms with Crippen molar-refractivity contribution in [3.05, 3.63) is 45.1 Å². The molecule has 1 aromatic carbocycles. The van der Waals surface area contributed by atoms with E-state index in [9.17, 15) is 4.79 Å². The van der Waals surface area contributed by atoms with Crippen molar-refractivity contribution < 1.29 is 9.90 Å². The molecule has 4 nitrogen and oxygen atoms in total. The van der Waals surface area contributed by atoms with Crippen LogP contribution in [0.2, 0.25) is 5.02 Å². The highest BCUT2D eigenvalue weighted by atomic mass is 35.5. The van der Waals surface area contributed by atoms with Gasteiger partial charge in [0.1, 0.15) is 10.9 Å². The van der Waals surface area contributed by atoms with E-state index in [0.717, 1.165) is 16.7 Å². The van der Waals surface area contributed by atoms with Gasteiger partial charge in [-0.2, -0.15) is 5.26 Å². The zero-order valence-electron chi connectivity index (χ0n) is 11.0. The molecule has 0 aliphatic carbocycles. The predicted octanol–water partition coefficient (Wildman–Crippen LogP) is 3.46. The fraction of sp³-hybridized carbons (Fsp3) is 0.200. The van der Waals surface area contributed by atoms with Crippen LogP contribution < -0.4 is 5.73 Å². The minimum Gasteiger partial charge on any atom is -0.481 e. The number of carbonyl (C=O) groups is 1. The van der Waals surface area contributed by atoms with Gasteiger partial charge in [-0.1, -0.05) is 17.7 Å². The van der Waals surface area contributed by atoms with Gasteiger partial charge >= 0.3 is 5.97 Å². The highest BCUT2D eigenvalue weighted by Crippen LogP contribution is 2.34. The fourth-order valence-electron chi connectivity index (χ4n) is 2.10. The summed E-state index contributed by atoms with van der Waals surface area (Å²) in [5, 5.41) is 20.3. The third-order valence-corrected chi connectivity index (χ3v) is 4.35. The lowest BCUT2D eigenvalue weighted by Gasteiger charge is -2.14. The first-order valence-electron chi connectivity index (χ1n) is 6.25. The minimum atomic E-state index is -0.885. The van der Waals surface area contributed by atoms with Gasteiger partial charge in [0.25, 0.3) is 0 Å². The van der Waals surface area contributed by atoms with Crippen molar-refractivity contribution in [3.63, 3.8) is 0 Å². The summed E-state index contributed by atoms with van der Waals surface area (Å²) in [6.07, 6.45) is -0.0232. The fourth-order valence-corrected chi connectivity index (χ4v) is 3.03. The molecule has 3 N–H and O–H groups in total. The van der Waals surface area contributed by atoms with Crippen molar-refractivity contribution in [2.75, 3.05) is 6.54 Å². The first-order chi connectivity index (χ1) is 10.0. The molecule has 2 rings (SSSR count). The Labute approximate surface area is 131 Å². The van der Waals surface area contributed by atoms with Crippen LogP contribution in [0.1, 0.15) is 22.8 Å². The maximum atomic E-state index is 10.9. The third kappa shape index (κ3) is 3.61. The largest absolute Gasteiger partial charge is 0.481 e. The Balaban J connectivity index is 2.41. The maximum Gasteiger partial charge on any atom is 0.304 e. The van der Waals surface area contributed by atoms with E-state index in [1.54, 1.807) is 18.2 Å². The van der Waals surface area contributed by atoms with Crippen molar-refractivity contribution in [1.29, 1.82) is 5.26 Å². The molecule has 6 heteroatoms. The average molecular weight is 321 g/mol. The van der Waals surface area contributed by atoms with Gasteiger partial charge in [0.05, 0.1) is 6.42 Å². The summed E-state index contributed by atoms with van der Waals surface area (Å²) < 4.78 is 0. The molecular weight excluding hydrogens is 308 g/mol. The molecule has 0 amide bonds. The summed E-state index contributed by atoms with van der Waals surface area (Å²) in [5.41, 5.74) is 8.15. The van der Waals surface area contributed by atoms with Crippen molar-refractivity contribution in [3.8, 4) is 17.2 Å². The Bertz CT molecular complexity index is 706. The first-order valence-corrected chi connectivity index (χ1v) is 7.51. The highest BCUT2D eigenvalue weighted by molar-refractivity contribution is 7.10. The molecule has 0 aliphatic rings. The van der Waals surface area contributed by atoms with Crippen LogP contribution in [0.5, 0.6) is 0 Å². The molecule has 0 spiro atoms. The number of thiophene rings is 1. The summed E-state index contributed by atoms with van der Waals surface area (Å²) in [7, 11) is 0. The molecule has 0 aliphatic heterocycles. The zero-order valence-corrected chi connectivity index (χ0v) is 12.6. The molecule has 0 fully saturated rings. The van der Waals surface area contributed by atoms with Crippen LogP contribution in [0.4, 0.5) is 0 Å². The number of nitriles is 1. The second-order valence-electron chi connectivity index (χ2n) is 4.58. The van der Waals surface area contributed by atoms with E-state index in [2.05, 4.69) is 6.07 Å². The van der Waals surface area contributed by atoms with Gasteiger partial charge in [-0.05, 0) is 41.3 Å². The Morgan fingerprint density at radius 2 is 2.24 bits per heavy atom. The number of rotatable bonds is 5. The molecule has 0 saturated carbocycles. The topological polar surface area (TPSA) is 87.1 Å². The highest BCUT2D eigenvalue weighted by Gasteiger charge is 2.16. The van der Waals surface area contributed by atoms with Crippen LogP contribution >= 0.6 is 22.9 Å². The predicted molar refractivity (Wildman–Crippen MR) is 83.5 cm³/mol. The van der Waals surface area contributed by atoms with E-state index < -0.39 is 5.97 Å². The lowest BCUT2D eigenvalue weighted by molar-refractivity contribution is -0.137. The maximum absolute atomic E-state index is 10.9. The number of carboxylic acid groups (broad SMARTS) is 1. The quantitative estimate of drug-likeness (QED) is 0.883. The molecule has 2 aromatic rings. The summed E-state index contributed by atoms with van der Waals surface area (Å²) in [5.74, 6) is -1.14. The smallest absolute Gasteiger partial charge is 0.304 e. The van der Waals surface area contributed by atoms with Crippen molar-refractivity contribution in [2.24, 2.45) is 5.73 Å². The van der Waals surface area contributed by atoms with Gasteiger partial charge in [0.2, 0.25) is 0 Å². The van der Waals surface area contributed by atoms with Gasteiger partial charge in [-0.3, -0.25) is 4.79 Å². The normalized spacial score (nSPS) is 11.9. The second-order valence-corrected chi connectivity index (χ2v) is 5.90. The van der Waals surface area contributed by atoms with Crippen LogP contribution in [0.15, 0.2) is 29.6 Å². The van der Waals surface area contributed by atoms with Crippen LogP contribution in [0, 0.1) is 11.3 Å². The Morgan fingerprint density at radius 1 is 1.48 bits per heavy atom. The molecule has 1 heterocycles. The standard InChI is InChI=1S/C15H13ClN2O2S/c16-14-2-1-9(10(6-17)5-15(19)20)4-13(14)11-3-12(7-18)21-8-11/h1-4,8,10H,5-6,17H2,(H,19,20). The number of hydrogen-bond acceptors (Lipinski definition) is 4. The second kappa shape index (κ2) is 6.72. The van der Waals surface area contributed by atoms with E-state index in [0.29, 0.717) is 9.90 Å². The van der Waals surface area contributed by atoms with Gasteiger partial charge in [-0.15, -0.1) is 11.3 Å². The van der Waals surface area contributed by atoms with E-state index in [1.165, 1.54) is 11.3 Å². The molecular formula is C15H13ClN2O2S. The number of nitrogens with zero attached hydrogens (tertiary/aromatic N) is 1. The molecule has 0 bridgehead atoms. The minimum absolute atomic E-state index is 0.0232. The monoisotopic (exact) mass is 320 g/mol. The lowest BCUT2D eigenvalue weighted by Crippen LogP contribution is -2.16. The molecule has 1 aromatic heterocycles. The van der Waals surface area contributed by atoms with E-state index >= 15 is 0 Å². The van der Waals surface area contributed by atoms with Crippen LogP contribution in [-0.4, -0.2) is 17.6 Å². The zero-order chi connectivity index (χ0) is 15.4. The number of nitrogens with two attached hydrogens (primary N) is 1. The van der Waals surface area contributed by atoms with E-state index in [4.69, 9.17) is 27.7 Å². The summed E-state index contributed by atoms with van der Waals surface area (Å²) in [6, 6.07) is 9.24. The van der Waals surface area contributed by atoms with Crippen molar-refractivity contribution in [2.45, 2.75) is 12.3 Å². The lowest BCUT2D eigenvalue weighted by atomic mass is 9.93. The van der Waals surface area contributed by atoms with Gasteiger partial charge < -0.3 is 10.8 Å². The van der Waals surface area contributed by atoms with Crippen LogP contribution in [0.3, 0.4) is 0 Å². The Hall–Kier alpha value is -1.87. The van der Waals surface area contributed by atoms with Gasteiger partial charge in [0.15, 0.2) is 0 Å².